The van der Waals surface area contributed by atoms with Crippen molar-refractivity contribution in [1.29, 1.82) is 0 Å². The second-order valence-electron chi connectivity index (χ2n) is 4.34. The Kier molecular flexibility index (Phi) is 4.92. The summed E-state index contributed by atoms with van der Waals surface area (Å²) in [4.78, 5) is 3.94. The van der Waals surface area contributed by atoms with E-state index in [2.05, 4.69) is 15.2 Å². The summed E-state index contributed by atoms with van der Waals surface area (Å²) in [5.74, 6) is 0.750. The zero-order valence-electron chi connectivity index (χ0n) is 11.3. The van der Waals surface area contributed by atoms with E-state index in [0.29, 0.717) is 10.9 Å². The van der Waals surface area contributed by atoms with E-state index in [1.807, 2.05) is 0 Å². The second-order valence-corrected chi connectivity index (χ2v) is 5.95. The van der Waals surface area contributed by atoms with Crippen LogP contribution < -0.4 is 4.74 Å². The van der Waals surface area contributed by atoms with Gasteiger partial charge in [-0.15, -0.1) is 10.2 Å². The van der Waals surface area contributed by atoms with Crippen LogP contribution in [0.25, 0.3) is 11.5 Å². The van der Waals surface area contributed by atoms with Crippen molar-refractivity contribution in [2.45, 2.75) is 6.61 Å². The molecule has 0 saturated heterocycles. The van der Waals surface area contributed by atoms with Crippen LogP contribution in [0.1, 0.15) is 5.89 Å². The van der Waals surface area contributed by atoms with Crippen LogP contribution >= 0.6 is 46.4 Å². The molecule has 0 unspecified atom stereocenters. The van der Waals surface area contributed by atoms with Gasteiger partial charge in [0, 0.05) is 10.6 Å². The summed E-state index contributed by atoms with van der Waals surface area (Å²) in [5.41, 5.74) is 0.749. The highest BCUT2D eigenvalue weighted by molar-refractivity contribution is 6.42. The smallest absolute Gasteiger partial charge is 0.254 e. The number of ether oxygens (including phenoxy) is 1. The molecule has 2 aromatic heterocycles. The Balaban J connectivity index is 1.72. The van der Waals surface area contributed by atoms with Gasteiger partial charge in [-0.05, 0) is 30.3 Å². The molecular weight excluding hydrogens is 384 g/mol. The Hall–Kier alpha value is -1.53. The van der Waals surface area contributed by atoms with E-state index in [1.54, 1.807) is 24.3 Å². The molecule has 5 nitrogen and oxygen atoms in total. The number of aromatic nitrogens is 3. The van der Waals surface area contributed by atoms with Gasteiger partial charge >= 0.3 is 0 Å². The standard InChI is InChI=1S/C14H7Cl4N3O2/c15-8-3-1-7(2-4-8)13-21-20-11(23-13)6-22-14-10(17)5-9(16)12(18)19-14/h1-5H,6H2. The van der Waals surface area contributed by atoms with Crippen molar-refractivity contribution in [1.82, 2.24) is 15.2 Å². The van der Waals surface area contributed by atoms with Crippen LogP contribution in [-0.4, -0.2) is 15.2 Å². The van der Waals surface area contributed by atoms with Crippen molar-refractivity contribution in [2.24, 2.45) is 0 Å². The van der Waals surface area contributed by atoms with E-state index in [1.165, 1.54) is 6.07 Å². The molecule has 0 saturated carbocycles. The van der Waals surface area contributed by atoms with E-state index in [-0.39, 0.29) is 33.6 Å². The summed E-state index contributed by atoms with van der Waals surface area (Å²) in [6, 6.07) is 8.46. The summed E-state index contributed by atoms with van der Waals surface area (Å²) < 4.78 is 10.9. The second kappa shape index (κ2) is 6.93. The SMILES string of the molecule is Clc1ccc(-c2nnc(COc3nc(Cl)c(Cl)cc3Cl)o2)cc1. The van der Waals surface area contributed by atoms with Crippen LogP contribution in [0.15, 0.2) is 34.7 Å². The van der Waals surface area contributed by atoms with Gasteiger partial charge in [0.15, 0.2) is 11.8 Å². The molecule has 0 radical (unpaired) electrons. The zero-order valence-corrected chi connectivity index (χ0v) is 14.3. The molecule has 0 fully saturated rings. The third kappa shape index (κ3) is 3.87. The molecule has 2 heterocycles. The topological polar surface area (TPSA) is 61.0 Å². The molecular formula is C14H7Cl4N3O2. The number of benzene rings is 1. The van der Waals surface area contributed by atoms with Gasteiger partial charge in [0.25, 0.3) is 5.89 Å². The Labute approximate surface area is 151 Å². The van der Waals surface area contributed by atoms with Crippen molar-refractivity contribution in [3.05, 3.63) is 56.4 Å². The third-order valence-electron chi connectivity index (χ3n) is 2.74. The first kappa shape index (κ1) is 16.3. The maximum atomic E-state index is 5.97. The fraction of sp³-hybridized carbons (Fsp3) is 0.0714. The minimum atomic E-state index is -0.00866. The van der Waals surface area contributed by atoms with Gasteiger partial charge in [0.05, 0.1) is 5.02 Å². The van der Waals surface area contributed by atoms with Crippen LogP contribution in [0.4, 0.5) is 0 Å². The lowest BCUT2D eigenvalue weighted by Gasteiger charge is -2.05. The Morgan fingerprint density at radius 1 is 0.957 bits per heavy atom. The predicted molar refractivity (Wildman–Crippen MR) is 88.3 cm³/mol. The lowest BCUT2D eigenvalue weighted by Crippen LogP contribution is -1.98. The van der Waals surface area contributed by atoms with E-state index in [9.17, 15) is 0 Å². The summed E-state index contributed by atoms with van der Waals surface area (Å²) >= 11 is 23.4. The lowest BCUT2D eigenvalue weighted by atomic mass is 10.2. The Bertz CT molecular complexity index is 837. The van der Waals surface area contributed by atoms with Gasteiger partial charge in [0.2, 0.25) is 11.8 Å². The van der Waals surface area contributed by atoms with E-state index >= 15 is 0 Å². The molecule has 0 aliphatic rings. The highest BCUT2D eigenvalue weighted by Crippen LogP contribution is 2.31. The largest absolute Gasteiger partial charge is 0.466 e. The normalized spacial score (nSPS) is 10.8. The van der Waals surface area contributed by atoms with Crippen LogP contribution in [0.3, 0.4) is 0 Å². The molecule has 0 bridgehead atoms. The average molecular weight is 391 g/mol. The monoisotopic (exact) mass is 389 g/mol. The van der Waals surface area contributed by atoms with Crippen molar-refractivity contribution in [3.63, 3.8) is 0 Å². The van der Waals surface area contributed by atoms with E-state index < -0.39 is 0 Å². The van der Waals surface area contributed by atoms with Crippen molar-refractivity contribution >= 4 is 46.4 Å². The number of rotatable bonds is 4. The van der Waals surface area contributed by atoms with E-state index in [0.717, 1.165) is 5.56 Å². The van der Waals surface area contributed by atoms with Gasteiger partial charge in [-0.2, -0.15) is 4.98 Å². The highest BCUT2D eigenvalue weighted by Gasteiger charge is 2.12. The molecule has 0 atom stereocenters. The van der Waals surface area contributed by atoms with Gasteiger partial charge in [0.1, 0.15) is 5.02 Å². The van der Waals surface area contributed by atoms with Gasteiger partial charge < -0.3 is 9.15 Å². The summed E-state index contributed by atoms with van der Waals surface area (Å²) in [6.45, 7) is -0.00866. The van der Waals surface area contributed by atoms with E-state index in [4.69, 9.17) is 55.6 Å². The third-order valence-corrected chi connectivity index (χ3v) is 3.94. The molecule has 23 heavy (non-hydrogen) atoms. The van der Waals surface area contributed by atoms with Crippen LogP contribution in [0.5, 0.6) is 5.88 Å². The molecule has 1 aromatic carbocycles. The maximum Gasteiger partial charge on any atom is 0.254 e. The van der Waals surface area contributed by atoms with Crippen LogP contribution in [0.2, 0.25) is 20.2 Å². The number of halogens is 4. The molecule has 0 aliphatic heterocycles. The fourth-order valence-corrected chi connectivity index (χ4v) is 2.35. The number of pyridine rings is 1. The summed E-state index contributed by atoms with van der Waals surface area (Å²) in [7, 11) is 0. The molecule has 118 valence electrons. The minimum absolute atomic E-state index is 0.00866. The van der Waals surface area contributed by atoms with Gasteiger partial charge in [-0.3, -0.25) is 0 Å². The first-order chi connectivity index (χ1) is 11.0. The average Bonchev–Trinajstić information content (AvgIpc) is 2.99. The first-order valence-corrected chi connectivity index (χ1v) is 7.77. The quantitative estimate of drug-likeness (QED) is 0.563. The zero-order chi connectivity index (χ0) is 16.4. The Morgan fingerprint density at radius 2 is 1.70 bits per heavy atom. The van der Waals surface area contributed by atoms with Crippen LogP contribution in [-0.2, 0) is 6.61 Å². The van der Waals surface area contributed by atoms with Crippen molar-refractivity contribution < 1.29 is 9.15 Å². The molecule has 0 aliphatic carbocycles. The molecule has 3 aromatic rings. The molecule has 9 heteroatoms. The number of hydrogen-bond acceptors (Lipinski definition) is 5. The summed E-state index contributed by atoms with van der Waals surface area (Å²) in [6.07, 6.45) is 0. The number of hydrogen-bond donors (Lipinski definition) is 0. The number of nitrogens with zero attached hydrogens (tertiary/aromatic N) is 3. The molecule has 0 spiro atoms. The first-order valence-electron chi connectivity index (χ1n) is 6.25. The van der Waals surface area contributed by atoms with Crippen LogP contribution in [0, 0.1) is 0 Å². The Morgan fingerprint density at radius 3 is 2.43 bits per heavy atom. The van der Waals surface area contributed by atoms with Gasteiger partial charge in [-0.1, -0.05) is 46.4 Å². The van der Waals surface area contributed by atoms with Crippen molar-refractivity contribution in [2.75, 3.05) is 0 Å². The van der Waals surface area contributed by atoms with Gasteiger partial charge in [-0.25, -0.2) is 0 Å². The molecule has 0 amide bonds. The molecule has 3 rings (SSSR count). The molecule has 0 N–H and O–H groups in total. The van der Waals surface area contributed by atoms with Crippen molar-refractivity contribution in [3.8, 4) is 17.3 Å². The lowest BCUT2D eigenvalue weighted by molar-refractivity contribution is 0.255. The minimum Gasteiger partial charge on any atom is -0.466 e. The summed E-state index contributed by atoms with van der Waals surface area (Å²) in [5, 5.41) is 9.03. The highest BCUT2D eigenvalue weighted by atomic mass is 35.5. The predicted octanol–water partition coefficient (Wildman–Crippen LogP) is 5.32. The maximum absolute atomic E-state index is 5.97. The fourth-order valence-electron chi connectivity index (χ4n) is 1.68.